The van der Waals surface area contributed by atoms with Crippen LogP contribution in [0.5, 0.6) is 0 Å². The third-order valence-corrected chi connectivity index (χ3v) is 2.49. The second kappa shape index (κ2) is 1.87. The summed E-state index contributed by atoms with van der Waals surface area (Å²) in [5.74, 6) is 0.631. The first-order valence-electron chi connectivity index (χ1n) is 3.72. The summed E-state index contributed by atoms with van der Waals surface area (Å²) in [7, 11) is 0. The number of cyclic esters (lactones) is 1. The number of fused-ring (bicyclic) bond motifs is 1. The van der Waals surface area contributed by atoms with E-state index in [0.29, 0.717) is 18.6 Å². The molecule has 0 bridgehead atoms. The highest BCUT2D eigenvalue weighted by Gasteiger charge is 2.40. The van der Waals surface area contributed by atoms with Gasteiger partial charge in [0.15, 0.2) is 0 Å². The van der Waals surface area contributed by atoms with E-state index in [0.717, 1.165) is 13.0 Å². The second-order valence-electron chi connectivity index (χ2n) is 3.10. The van der Waals surface area contributed by atoms with E-state index in [2.05, 4.69) is 6.92 Å². The van der Waals surface area contributed by atoms with Gasteiger partial charge in [-0.2, -0.15) is 0 Å². The van der Waals surface area contributed by atoms with E-state index in [1.54, 1.807) is 0 Å². The molecule has 0 N–H and O–H groups in total. The van der Waals surface area contributed by atoms with Crippen molar-refractivity contribution < 1.29 is 9.53 Å². The summed E-state index contributed by atoms with van der Waals surface area (Å²) in [5, 5.41) is 0. The molecule has 0 spiro atoms. The molecule has 3 nitrogen and oxygen atoms in total. The highest BCUT2D eigenvalue weighted by atomic mass is 16.6. The van der Waals surface area contributed by atoms with Gasteiger partial charge in [-0.25, -0.2) is 4.79 Å². The fraction of sp³-hybridized carbons (Fsp3) is 0.857. The van der Waals surface area contributed by atoms with E-state index in [1.165, 1.54) is 0 Å². The minimum atomic E-state index is -0.116. The molecule has 0 aromatic heterocycles. The Morgan fingerprint density at radius 3 is 3.20 bits per heavy atom. The van der Waals surface area contributed by atoms with Gasteiger partial charge in [0.2, 0.25) is 0 Å². The van der Waals surface area contributed by atoms with Crippen LogP contribution in [0.4, 0.5) is 4.79 Å². The predicted octanol–water partition coefficient (Wildman–Crippen LogP) is 0.847. The lowest BCUT2D eigenvalue weighted by molar-refractivity contribution is 0.159. The normalized spacial score (nSPS) is 38.1. The molecule has 2 aliphatic heterocycles. The number of rotatable bonds is 0. The Balaban J connectivity index is 2.16. The Kier molecular flexibility index (Phi) is 1.13. The van der Waals surface area contributed by atoms with Crippen molar-refractivity contribution in [3.63, 3.8) is 0 Å². The zero-order valence-corrected chi connectivity index (χ0v) is 6.04. The summed E-state index contributed by atoms with van der Waals surface area (Å²) in [4.78, 5) is 12.7. The minimum Gasteiger partial charge on any atom is -0.447 e. The predicted molar refractivity (Wildman–Crippen MR) is 35.6 cm³/mol. The van der Waals surface area contributed by atoms with Gasteiger partial charge in [-0.15, -0.1) is 0 Å². The van der Waals surface area contributed by atoms with Crippen LogP contribution in [0.25, 0.3) is 0 Å². The maximum absolute atomic E-state index is 10.9. The van der Waals surface area contributed by atoms with E-state index in [9.17, 15) is 4.79 Å². The first-order valence-corrected chi connectivity index (χ1v) is 3.72. The molecular weight excluding hydrogens is 130 g/mol. The number of hydrogen-bond acceptors (Lipinski definition) is 2. The van der Waals surface area contributed by atoms with Crippen LogP contribution in [-0.2, 0) is 4.74 Å². The maximum Gasteiger partial charge on any atom is 0.410 e. The van der Waals surface area contributed by atoms with Crippen LogP contribution in [-0.4, -0.2) is 30.2 Å². The van der Waals surface area contributed by atoms with E-state index < -0.39 is 0 Å². The number of carbonyl (C=O) groups excluding carboxylic acids is 1. The standard InChI is InChI=1S/C7H11NO2/c1-5-2-3-8-6(5)4-10-7(8)9/h5-6H,2-4H2,1H3/t5-,6+/m1/s1. The average Bonchev–Trinajstić information content (AvgIpc) is 2.41. The first kappa shape index (κ1) is 6.01. The van der Waals surface area contributed by atoms with Crippen molar-refractivity contribution in [3.8, 4) is 0 Å². The van der Waals surface area contributed by atoms with Gasteiger partial charge in [0.1, 0.15) is 6.61 Å². The topological polar surface area (TPSA) is 29.5 Å². The molecule has 0 aromatic carbocycles. The van der Waals surface area contributed by atoms with Crippen molar-refractivity contribution in [2.45, 2.75) is 19.4 Å². The Hall–Kier alpha value is -0.730. The molecule has 2 aliphatic rings. The molecule has 2 fully saturated rings. The Morgan fingerprint density at radius 2 is 2.50 bits per heavy atom. The van der Waals surface area contributed by atoms with Crippen molar-refractivity contribution in [2.75, 3.05) is 13.2 Å². The zero-order valence-electron chi connectivity index (χ0n) is 6.04. The summed E-state index contributed by atoms with van der Waals surface area (Å²) in [6, 6.07) is 0.382. The number of hydrogen-bond donors (Lipinski definition) is 0. The Labute approximate surface area is 60.0 Å². The molecule has 0 aliphatic carbocycles. The quantitative estimate of drug-likeness (QED) is 0.500. The van der Waals surface area contributed by atoms with Gasteiger partial charge >= 0.3 is 6.09 Å². The smallest absolute Gasteiger partial charge is 0.410 e. The molecule has 2 rings (SSSR count). The van der Waals surface area contributed by atoms with Crippen LogP contribution in [0.15, 0.2) is 0 Å². The third-order valence-electron chi connectivity index (χ3n) is 2.49. The maximum atomic E-state index is 10.9. The lowest BCUT2D eigenvalue weighted by Crippen LogP contribution is -2.29. The van der Waals surface area contributed by atoms with Gasteiger partial charge in [0.05, 0.1) is 6.04 Å². The summed E-state index contributed by atoms with van der Waals surface area (Å²) in [6.07, 6.45) is 1.02. The van der Waals surface area contributed by atoms with Crippen LogP contribution in [0.1, 0.15) is 13.3 Å². The fourth-order valence-corrected chi connectivity index (χ4v) is 1.73. The van der Waals surface area contributed by atoms with Crippen LogP contribution in [0.3, 0.4) is 0 Å². The number of ether oxygens (including phenoxy) is 1. The average molecular weight is 141 g/mol. The first-order chi connectivity index (χ1) is 4.79. The van der Waals surface area contributed by atoms with Crippen LogP contribution < -0.4 is 0 Å². The van der Waals surface area contributed by atoms with Crippen LogP contribution in [0, 0.1) is 5.92 Å². The summed E-state index contributed by atoms with van der Waals surface area (Å²) in [5.41, 5.74) is 0. The van der Waals surface area contributed by atoms with Gasteiger partial charge in [0, 0.05) is 6.54 Å². The van der Waals surface area contributed by atoms with Crippen molar-refractivity contribution in [1.29, 1.82) is 0 Å². The molecule has 10 heavy (non-hydrogen) atoms. The van der Waals surface area contributed by atoms with Crippen LogP contribution >= 0.6 is 0 Å². The SMILES string of the molecule is C[C@@H]1CCN2C(=O)OC[C@@H]12. The van der Waals surface area contributed by atoms with E-state index in [-0.39, 0.29) is 6.09 Å². The summed E-state index contributed by atoms with van der Waals surface area (Å²) < 4.78 is 4.88. The molecule has 0 saturated carbocycles. The highest BCUT2D eigenvalue weighted by molar-refractivity contribution is 5.70. The third kappa shape index (κ3) is 0.632. The number of nitrogens with zero attached hydrogens (tertiary/aromatic N) is 1. The molecule has 0 aromatic rings. The molecule has 2 heterocycles. The van der Waals surface area contributed by atoms with Gasteiger partial charge < -0.3 is 9.64 Å². The zero-order chi connectivity index (χ0) is 7.14. The van der Waals surface area contributed by atoms with Crippen molar-refractivity contribution >= 4 is 6.09 Å². The van der Waals surface area contributed by atoms with Gasteiger partial charge in [-0.1, -0.05) is 6.92 Å². The molecule has 3 heteroatoms. The van der Waals surface area contributed by atoms with Crippen molar-refractivity contribution in [3.05, 3.63) is 0 Å². The lowest BCUT2D eigenvalue weighted by Gasteiger charge is -2.12. The Morgan fingerprint density at radius 1 is 1.70 bits per heavy atom. The van der Waals surface area contributed by atoms with E-state index >= 15 is 0 Å². The highest BCUT2D eigenvalue weighted by Crippen LogP contribution is 2.28. The Bertz CT molecular complexity index is 169. The van der Waals surface area contributed by atoms with Gasteiger partial charge in [0.25, 0.3) is 0 Å². The van der Waals surface area contributed by atoms with Crippen molar-refractivity contribution in [1.82, 2.24) is 4.90 Å². The largest absolute Gasteiger partial charge is 0.447 e. The summed E-state index contributed by atoms with van der Waals surface area (Å²) in [6.45, 7) is 3.68. The molecule has 2 atom stereocenters. The number of amides is 1. The molecule has 1 amide bonds. The fourth-order valence-electron chi connectivity index (χ4n) is 1.73. The van der Waals surface area contributed by atoms with Crippen molar-refractivity contribution in [2.24, 2.45) is 5.92 Å². The monoisotopic (exact) mass is 141 g/mol. The lowest BCUT2D eigenvalue weighted by atomic mass is 10.0. The second-order valence-corrected chi connectivity index (χ2v) is 3.10. The van der Waals surface area contributed by atoms with E-state index in [1.807, 2.05) is 4.90 Å². The molecular formula is C7H11NO2. The van der Waals surface area contributed by atoms with Gasteiger partial charge in [-0.05, 0) is 12.3 Å². The van der Waals surface area contributed by atoms with E-state index in [4.69, 9.17) is 4.74 Å². The molecule has 56 valence electrons. The van der Waals surface area contributed by atoms with Crippen LogP contribution in [0.2, 0.25) is 0 Å². The molecule has 2 saturated heterocycles. The summed E-state index contributed by atoms with van der Waals surface area (Å²) >= 11 is 0. The minimum absolute atomic E-state index is 0.116. The molecule has 0 radical (unpaired) electrons. The number of carbonyl (C=O) groups is 1. The van der Waals surface area contributed by atoms with Gasteiger partial charge in [-0.3, -0.25) is 0 Å². The molecule has 0 unspecified atom stereocenters.